The van der Waals surface area contributed by atoms with Crippen molar-refractivity contribution in [3.8, 4) is 0 Å². The molecule has 1 rings (SSSR count). The smallest absolute Gasteiger partial charge is 0.388 e. The van der Waals surface area contributed by atoms with E-state index >= 15 is 0 Å². The lowest BCUT2D eigenvalue weighted by Gasteiger charge is -2.18. The molecule has 0 heterocycles. The van der Waals surface area contributed by atoms with Crippen LogP contribution in [0.1, 0.15) is 25.0 Å². The van der Waals surface area contributed by atoms with Crippen LogP contribution in [0.15, 0.2) is 18.2 Å². The SMILES string of the molecule is C/C=C(\C)c1c(NC)cc(C(F)(F)F)cc1PC. The monoisotopic (exact) mass is 275 g/mol. The molecule has 0 radical (unpaired) electrons. The third-order valence-electron chi connectivity index (χ3n) is 2.83. The molecule has 0 aliphatic carbocycles. The van der Waals surface area contributed by atoms with E-state index in [0.29, 0.717) is 14.3 Å². The first-order chi connectivity index (χ1) is 8.35. The Morgan fingerprint density at radius 2 is 1.94 bits per heavy atom. The van der Waals surface area contributed by atoms with Gasteiger partial charge in [0.2, 0.25) is 0 Å². The molecule has 100 valence electrons. The Kier molecular flexibility index (Phi) is 4.80. The highest BCUT2D eigenvalue weighted by atomic mass is 31.1. The molecule has 0 aliphatic heterocycles. The van der Waals surface area contributed by atoms with Gasteiger partial charge in [0, 0.05) is 18.3 Å². The maximum absolute atomic E-state index is 12.8. The Balaban J connectivity index is 3.54. The fourth-order valence-electron chi connectivity index (χ4n) is 1.77. The molecule has 1 nitrogen and oxygen atoms in total. The van der Waals surface area contributed by atoms with E-state index in [4.69, 9.17) is 0 Å². The van der Waals surface area contributed by atoms with Crippen LogP contribution in [0.2, 0.25) is 0 Å². The molecule has 5 heteroatoms. The second-order valence-corrected chi connectivity index (χ2v) is 4.95. The van der Waals surface area contributed by atoms with Crippen LogP contribution in [-0.2, 0) is 6.18 Å². The molecule has 0 saturated carbocycles. The first-order valence-electron chi connectivity index (χ1n) is 5.59. The Morgan fingerprint density at radius 3 is 2.33 bits per heavy atom. The van der Waals surface area contributed by atoms with Crippen molar-refractivity contribution >= 4 is 25.1 Å². The highest BCUT2D eigenvalue weighted by Crippen LogP contribution is 2.35. The maximum Gasteiger partial charge on any atom is 0.416 e. The van der Waals surface area contributed by atoms with Gasteiger partial charge in [-0.25, -0.2) is 0 Å². The van der Waals surface area contributed by atoms with Crippen molar-refractivity contribution in [2.45, 2.75) is 20.0 Å². The molecule has 18 heavy (non-hydrogen) atoms. The molecule has 1 aromatic carbocycles. The molecule has 0 aliphatic rings. The molecule has 0 bridgehead atoms. The zero-order valence-electron chi connectivity index (χ0n) is 10.9. The number of anilines is 1. The maximum atomic E-state index is 12.8. The van der Waals surface area contributed by atoms with Crippen LogP contribution in [0.3, 0.4) is 0 Å². The van der Waals surface area contributed by atoms with Crippen molar-refractivity contribution in [3.05, 3.63) is 29.3 Å². The van der Waals surface area contributed by atoms with Gasteiger partial charge in [0.25, 0.3) is 0 Å². The van der Waals surface area contributed by atoms with E-state index in [9.17, 15) is 13.2 Å². The molecule has 0 spiro atoms. The van der Waals surface area contributed by atoms with Gasteiger partial charge in [0.05, 0.1) is 5.56 Å². The summed E-state index contributed by atoms with van der Waals surface area (Å²) in [5.41, 5.74) is 1.81. The topological polar surface area (TPSA) is 12.0 Å². The minimum atomic E-state index is -4.30. The minimum Gasteiger partial charge on any atom is -0.388 e. The van der Waals surface area contributed by atoms with Crippen LogP contribution in [0.4, 0.5) is 18.9 Å². The average molecular weight is 275 g/mol. The van der Waals surface area contributed by atoms with E-state index in [0.717, 1.165) is 16.4 Å². The van der Waals surface area contributed by atoms with Crippen LogP contribution in [-0.4, -0.2) is 13.7 Å². The van der Waals surface area contributed by atoms with Crippen LogP contribution in [0.5, 0.6) is 0 Å². The third kappa shape index (κ3) is 3.05. The van der Waals surface area contributed by atoms with Crippen molar-refractivity contribution < 1.29 is 13.2 Å². The molecule has 0 amide bonds. The van der Waals surface area contributed by atoms with Gasteiger partial charge in [-0.2, -0.15) is 13.2 Å². The van der Waals surface area contributed by atoms with Gasteiger partial charge in [-0.15, -0.1) is 0 Å². The van der Waals surface area contributed by atoms with Crippen LogP contribution in [0, 0.1) is 0 Å². The second-order valence-electron chi connectivity index (χ2n) is 3.92. The predicted molar refractivity (Wildman–Crippen MR) is 74.2 cm³/mol. The number of alkyl halides is 3. The lowest BCUT2D eigenvalue weighted by Crippen LogP contribution is -2.14. The van der Waals surface area contributed by atoms with Gasteiger partial charge in [0.1, 0.15) is 0 Å². The van der Waals surface area contributed by atoms with Gasteiger partial charge in [-0.3, -0.25) is 0 Å². The van der Waals surface area contributed by atoms with E-state index < -0.39 is 11.7 Å². The normalized spacial score (nSPS) is 13.4. The van der Waals surface area contributed by atoms with E-state index in [-0.39, 0.29) is 0 Å². The summed E-state index contributed by atoms with van der Waals surface area (Å²) in [6.07, 6.45) is -2.39. The average Bonchev–Trinajstić information content (AvgIpc) is 2.34. The fourth-order valence-corrected chi connectivity index (χ4v) is 2.65. The third-order valence-corrected chi connectivity index (χ3v) is 3.76. The summed E-state index contributed by atoms with van der Waals surface area (Å²) in [4.78, 5) is 0. The molecular formula is C13H17F3NP. The first-order valence-corrected chi connectivity index (χ1v) is 7.09. The highest BCUT2D eigenvalue weighted by molar-refractivity contribution is 7.46. The van der Waals surface area contributed by atoms with E-state index in [1.807, 2.05) is 26.6 Å². The summed E-state index contributed by atoms with van der Waals surface area (Å²) >= 11 is 0. The zero-order chi connectivity index (χ0) is 13.9. The standard InChI is InChI=1S/C13H17F3NP/c1-5-8(2)12-10(17-3)6-9(13(14,15)16)7-11(12)18-4/h5-7,17-18H,1-4H3/b8-5+. The fraction of sp³-hybridized carbons (Fsp3) is 0.385. The highest BCUT2D eigenvalue weighted by Gasteiger charge is 2.32. The molecule has 1 aromatic rings. The minimum absolute atomic E-state index is 0.319. The van der Waals surface area contributed by atoms with Gasteiger partial charge in [-0.05, 0) is 43.5 Å². The van der Waals surface area contributed by atoms with Crippen molar-refractivity contribution in [1.82, 2.24) is 0 Å². The molecule has 0 aromatic heterocycles. The van der Waals surface area contributed by atoms with Crippen molar-refractivity contribution in [1.29, 1.82) is 0 Å². The number of nitrogens with one attached hydrogen (secondary N) is 1. The van der Waals surface area contributed by atoms with Crippen LogP contribution >= 0.6 is 8.58 Å². The lowest BCUT2D eigenvalue weighted by atomic mass is 10.0. The summed E-state index contributed by atoms with van der Waals surface area (Å²) in [6, 6.07) is 2.42. The number of allylic oxidation sites excluding steroid dienone is 2. The molecule has 0 fully saturated rings. The Hall–Kier alpha value is -1.02. The predicted octanol–water partition coefficient (Wildman–Crippen LogP) is 4.10. The summed E-state index contributed by atoms with van der Waals surface area (Å²) in [5.74, 6) is 0. The largest absolute Gasteiger partial charge is 0.416 e. The summed E-state index contributed by atoms with van der Waals surface area (Å²) in [5, 5.41) is 3.60. The van der Waals surface area contributed by atoms with Crippen molar-refractivity contribution in [3.63, 3.8) is 0 Å². The van der Waals surface area contributed by atoms with Crippen molar-refractivity contribution in [2.24, 2.45) is 0 Å². The van der Waals surface area contributed by atoms with Gasteiger partial charge < -0.3 is 5.32 Å². The Bertz CT molecular complexity index is 439. The van der Waals surface area contributed by atoms with Crippen LogP contribution in [0.25, 0.3) is 5.57 Å². The summed E-state index contributed by atoms with van der Waals surface area (Å²) in [7, 11) is 1.96. The summed E-state index contributed by atoms with van der Waals surface area (Å²) < 4.78 is 38.4. The Morgan fingerprint density at radius 1 is 1.33 bits per heavy atom. The number of hydrogen-bond donors (Lipinski definition) is 1. The van der Waals surface area contributed by atoms with E-state index in [2.05, 4.69) is 5.32 Å². The van der Waals surface area contributed by atoms with Gasteiger partial charge in [0.15, 0.2) is 0 Å². The van der Waals surface area contributed by atoms with Gasteiger partial charge >= 0.3 is 6.18 Å². The van der Waals surface area contributed by atoms with Crippen LogP contribution < -0.4 is 10.6 Å². The second kappa shape index (κ2) is 5.75. The van der Waals surface area contributed by atoms with Crippen molar-refractivity contribution in [2.75, 3.05) is 19.0 Å². The number of hydrogen-bond acceptors (Lipinski definition) is 1. The molecular weight excluding hydrogens is 258 g/mol. The first kappa shape index (κ1) is 15.0. The number of halogens is 3. The molecule has 0 saturated heterocycles. The van der Waals surface area contributed by atoms with E-state index in [1.54, 1.807) is 7.05 Å². The molecule has 1 atom stereocenters. The lowest BCUT2D eigenvalue weighted by molar-refractivity contribution is -0.137. The van der Waals surface area contributed by atoms with E-state index in [1.165, 1.54) is 12.1 Å². The van der Waals surface area contributed by atoms with Gasteiger partial charge in [-0.1, -0.05) is 14.7 Å². The Labute approximate surface area is 107 Å². The zero-order valence-corrected chi connectivity index (χ0v) is 11.9. The molecule has 1 unspecified atom stereocenters. The number of benzene rings is 1. The summed E-state index contributed by atoms with van der Waals surface area (Å²) in [6.45, 7) is 5.68. The quantitative estimate of drug-likeness (QED) is 0.819. The molecule has 1 N–H and O–H groups in total. The number of rotatable bonds is 3.